The highest BCUT2D eigenvalue weighted by Gasteiger charge is 2.21. The molecule has 1 aromatic rings. The molecule has 1 aliphatic rings. The third kappa shape index (κ3) is 2.44. The number of primary amides is 1. The van der Waals surface area contributed by atoms with Crippen LogP contribution in [0.3, 0.4) is 0 Å². The fourth-order valence-corrected chi connectivity index (χ4v) is 2.55. The number of hydrogen-bond acceptors (Lipinski definition) is 3. The molecule has 1 amide bonds. The minimum absolute atomic E-state index is 0.149. The van der Waals surface area contributed by atoms with Crippen molar-refractivity contribution in [1.29, 1.82) is 0 Å². The zero-order valence-corrected chi connectivity index (χ0v) is 10.1. The van der Waals surface area contributed by atoms with E-state index in [1.165, 1.54) is 17.0 Å². The van der Waals surface area contributed by atoms with Gasteiger partial charge in [-0.3, -0.25) is 0 Å². The van der Waals surface area contributed by atoms with Crippen molar-refractivity contribution in [1.82, 2.24) is 4.57 Å². The van der Waals surface area contributed by atoms with Gasteiger partial charge in [0.2, 0.25) is 0 Å². The quantitative estimate of drug-likeness (QED) is 0.829. The molecule has 0 saturated carbocycles. The van der Waals surface area contributed by atoms with Gasteiger partial charge < -0.3 is 20.8 Å². The van der Waals surface area contributed by atoms with Crippen LogP contribution in [-0.2, 0) is 17.7 Å². The Labute approximate surface area is 101 Å². The van der Waals surface area contributed by atoms with Crippen molar-refractivity contribution in [3.05, 3.63) is 23.0 Å². The Bertz CT molecular complexity index is 426. The molecule has 0 bridgehead atoms. The number of amides is 1. The van der Waals surface area contributed by atoms with Crippen molar-refractivity contribution >= 4 is 6.09 Å². The van der Waals surface area contributed by atoms with Crippen LogP contribution in [0.15, 0.2) is 6.07 Å². The molecule has 94 valence electrons. The highest BCUT2D eigenvalue weighted by molar-refractivity contribution is 5.64. The molecule has 0 aliphatic heterocycles. The summed E-state index contributed by atoms with van der Waals surface area (Å²) in [5, 5.41) is 0. The monoisotopic (exact) mass is 237 g/mol. The van der Waals surface area contributed by atoms with Crippen LogP contribution >= 0.6 is 0 Å². The van der Waals surface area contributed by atoms with E-state index in [-0.39, 0.29) is 6.04 Å². The number of fused-ring (bicyclic) bond motifs is 1. The van der Waals surface area contributed by atoms with E-state index in [0.717, 1.165) is 19.3 Å². The van der Waals surface area contributed by atoms with Crippen LogP contribution in [0.4, 0.5) is 4.79 Å². The van der Waals surface area contributed by atoms with E-state index in [1.807, 2.05) is 0 Å². The second kappa shape index (κ2) is 4.79. The lowest BCUT2D eigenvalue weighted by Gasteiger charge is -2.21. The minimum atomic E-state index is -0.722. The van der Waals surface area contributed by atoms with E-state index in [1.54, 1.807) is 0 Å². The summed E-state index contributed by atoms with van der Waals surface area (Å²) >= 11 is 0. The Hall–Kier alpha value is -1.49. The van der Waals surface area contributed by atoms with Gasteiger partial charge in [-0.1, -0.05) is 0 Å². The SMILES string of the molecule is Cc1cc2c(n1CCOC(N)=O)CCCC2N. The van der Waals surface area contributed by atoms with E-state index in [2.05, 4.69) is 17.6 Å². The van der Waals surface area contributed by atoms with Gasteiger partial charge in [0.25, 0.3) is 0 Å². The summed E-state index contributed by atoms with van der Waals surface area (Å²) in [5.74, 6) is 0. The number of nitrogens with zero attached hydrogens (tertiary/aromatic N) is 1. The molecule has 2 rings (SSSR count). The fourth-order valence-electron chi connectivity index (χ4n) is 2.55. The number of rotatable bonds is 3. The molecule has 1 atom stereocenters. The van der Waals surface area contributed by atoms with Gasteiger partial charge in [-0.05, 0) is 37.8 Å². The molecule has 17 heavy (non-hydrogen) atoms. The molecule has 1 aromatic heterocycles. The number of ether oxygens (including phenoxy) is 1. The lowest BCUT2D eigenvalue weighted by atomic mass is 9.93. The fraction of sp³-hybridized carbons (Fsp3) is 0.583. The van der Waals surface area contributed by atoms with Crippen molar-refractivity contribution in [3.8, 4) is 0 Å². The highest BCUT2D eigenvalue weighted by atomic mass is 16.5. The van der Waals surface area contributed by atoms with Gasteiger partial charge >= 0.3 is 6.09 Å². The molecule has 0 radical (unpaired) electrons. The van der Waals surface area contributed by atoms with Gasteiger partial charge in [0.05, 0.1) is 6.54 Å². The first-order chi connectivity index (χ1) is 8.09. The van der Waals surface area contributed by atoms with E-state index >= 15 is 0 Å². The summed E-state index contributed by atoms with van der Waals surface area (Å²) in [5.41, 5.74) is 14.7. The lowest BCUT2D eigenvalue weighted by Crippen LogP contribution is -2.21. The topological polar surface area (TPSA) is 83.3 Å². The standard InChI is InChI=1S/C12H19N3O2/c1-8-7-9-10(13)3-2-4-11(9)15(8)5-6-17-12(14)16/h7,10H,2-6,13H2,1H3,(H2,14,16). The Morgan fingerprint density at radius 2 is 2.41 bits per heavy atom. The van der Waals surface area contributed by atoms with Crippen molar-refractivity contribution in [3.63, 3.8) is 0 Å². The van der Waals surface area contributed by atoms with Gasteiger partial charge in [0.1, 0.15) is 6.61 Å². The minimum Gasteiger partial charge on any atom is -0.448 e. The highest BCUT2D eigenvalue weighted by Crippen LogP contribution is 2.30. The number of hydrogen-bond donors (Lipinski definition) is 2. The zero-order valence-electron chi connectivity index (χ0n) is 10.1. The van der Waals surface area contributed by atoms with Crippen LogP contribution in [0.2, 0.25) is 0 Å². The molecule has 5 heteroatoms. The predicted octanol–water partition coefficient (Wildman–Crippen LogP) is 1.23. The molecule has 0 spiro atoms. The molecule has 5 nitrogen and oxygen atoms in total. The van der Waals surface area contributed by atoms with Crippen LogP contribution in [0.25, 0.3) is 0 Å². The largest absolute Gasteiger partial charge is 0.448 e. The Kier molecular flexibility index (Phi) is 3.38. The summed E-state index contributed by atoms with van der Waals surface area (Å²) in [6, 6.07) is 2.29. The van der Waals surface area contributed by atoms with Gasteiger partial charge in [0, 0.05) is 17.4 Å². The summed E-state index contributed by atoms with van der Waals surface area (Å²) < 4.78 is 6.95. The van der Waals surface area contributed by atoms with Gasteiger partial charge in [-0.15, -0.1) is 0 Å². The number of aryl methyl sites for hydroxylation is 1. The summed E-state index contributed by atoms with van der Waals surface area (Å²) in [6.07, 6.45) is 2.50. The van der Waals surface area contributed by atoms with Gasteiger partial charge in [-0.25, -0.2) is 4.79 Å². The molecule has 0 fully saturated rings. The average Bonchev–Trinajstić information content (AvgIpc) is 2.57. The smallest absolute Gasteiger partial charge is 0.404 e. The van der Waals surface area contributed by atoms with Crippen molar-refractivity contribution < 1.29 is 9.53 Å². The number of carbonyl (C=O) groups excluding carboxylic acids is 1. The maximum absolute atomic E-state index is 10.5. The maximum atomic E-state index is 10.5. The molecular weight excluding hydrogens is 218 g/mol. The molecule has 1 aliphatic carbocycles. The third-order valence-corrected chi connectivity index (χ3v) is 3.34. The molecule has 0 aromatic carbocycles. The zero-order chi connectivity index (χ0) is 12.4. The Balaban J connectivity index is 2.14. The molecular formula is C12H19N3O2. The Morgan fingerprint density at radius 3 is 3.12 bits per heavy atom. The van der Waals surface area contributed by atoms with E-state index in [4.69, 9.17) is 16.2 Å². The maximum Gasteiger partial charge on any atom is 0.404 e. The van der Waals surface area contributed by atoms with Crippen LogP contribution in [0.5, 0.6) is 0 Å². The average molecular weight is 237 g/mol. The van der Waals surface area contributed by atoms with Crippen molar-refractivity contribution in [2.24, 2.45) is 11.5 Å². The van der Waals surface area contributed by atoms with Gasteiger partial charge in [-0.2, -0.15) is 0 Å². The number of carbonyl (C=O) groups is 1. The molecule has 1 heterocycles. The van der Waals surface area contributed by atoms with E-state index < -0.39 is 6.09 Å². The summed E-state index contributed by atoms with van der Waals surface area (Å²) in [7, 11) is 0. The van der Waals surface area contributed by atoms with Crippen molar-refractivity contribution in [2.45, 2.75) is 38.8 Å². The van der Waals surface area contributed by atoms with Gasteiger partial charge in [0.15, 0.2) is 0 Å². The first kappa shape index (κ1) is 12.0. The second-order valence-electron chi connectivity index (χ2n) is 4.51. The van der Waals surface area contributed by atoms with Crippen LogP contribution in [0, 0.1) is 6.92 Å². The molecule has 1 unspecified atom stereocenters. The number of aromatic nitrogens is 1. The number of nitrogens with two attached hydrogens (primary N) is 2. The predicted molar refractivity (Wildman–Crippen MR) is 64.6 cm³/mol. The Morgan fingerprint density at radius 1 is 1.65 bits per heavy atom. The summed E-state index contributed by atoms with van der Waals surface area (Å²) in [6.45, 7) is 3.01. The molecule has 0 saturated heterocycles. The van der Waals surface area contributed by atoms with E-state index in [0.29, 0.717) is 13.2 Å². The molecule has 4 N–H and O–H groups in total. The second-order valence-corrected chi connectivity index (χ2v) is 4.51. The van der Waals surface area contributed by atoms with E-state index in [9.17, 15) is 4.79 Å². The first-order valence-corrected chi connectivity index (χ1v) is 5.96. The van der Waals surface area contributed by atoms with Crippen molar-refractivity contribution in [2.75, 3.05) is 6.61 Å². The normalized spacial score (nSPS) is 18.8. The van der Waals surface area contributed by atoms with Crippen LogP contribution in [-0.4, -0.2) is 17.3 Å². The third-order valence-electron chi connectivity index (χ3n) is 3.34. The first-order valence-electron chi connectivity index (χ1n) is 5.96. The lowest BCUT2D eigenvalue weighted by molar-refractivity contribution is 0.151. The summed E-state index contributed by atoms with van der Waals surface area (Å²) in [4.78, 5) is 10.5. The van der Waals surface area contributed by atoms with Crippen LogP contribution in [0.1, 0.15) is 35.8 Å². The van der Waals surface area contributed by atoms with Crippen LogP contribution < -0.4 is 11.5 Å².